The number of hydrogen-bond donors (Lipinski definition) is 0. The van der Waals surface area contributed by atoms with E-state index in [2.05, 4.69) is 0 Å². The Kier molecular flexibility index (Phi) is 3.32. The molecular weight excluding hydrogens is 220 g/mol. The molecule has 0 saturated heterocycles. The first kappa shape index (κ1) is 11.5. The maximum absolute atomic E-state index is 11.3. The van der Waals surface area contributed by atoms with Gasteiger partial charge in [-0.1, -0.05) is 0 Å². The van der Waals surface area contributed by atoms with Crippen LogP contribution in [0, 0.1) is 0 Å². The van der Waals surface area contributed by atoms with Crippen LogP contribution in [0.1, 0.15) is 12.7 Å². The molecule has 0 fully saturated rings. The molecule has 90 valence electrons. The van der Waals surface area contributed by atoms with Crippen LogP contribution in [0.5, 0.6) is 5.75 Å². The molecule has 2 aromatic rings. The fourth-order valence-corrected chi connectivity index (χ4v) is 1.64. The van der Waals surface area contributed by atoms with Crippen molar-refractivity contribution in [2.45, 2.75) is 13.3 Å². The minimum Gasteiger partial charge on any atom is -0.497 e. The van der Waals surface area contributed by atoms with E-state index in [1.807, 2.05) is 24.3 Å². The fourth-order valence-electron chi connectivity index (χ4n) is 1.64. The molecule has 2 rings (SSSR count). The topological polar surface area (TPSA) is 48.7 Å². The smallest absolute Gasteiger partial charge is 0.313 e. The Hall–Kier alpha value is -1.97. The molecule has 0 aliphatic heterocycles. The summed E-state index contributed by atoms with van der Waals surface area (Å²) in [6, 6.07) is 7.34. The average Bonchev–Trinajstić information content (AvgIpc) is 2.69. The number of rotatable bonds is 4. The van der Waals surface area contributed by atoms with E-state index < -0.39 is 0 Å². The van der Waals surface area contributed by atoms with Gasteiger partial charge in [-0.25, -0.2) is 0 Å². The number of benzene rings is 1. The molecule has 17 heavy (non-hydrogen) atoms. The molecular formula is C13H14O4. The molecule has 0 aliphatic carbocycles. The summed E-state index contributed by atoms with van der Waals surface area (Å²) < 4.78 is 15.5. The lowest BCUT2D eigenvalue weighted by molar-refractivity contribution is -0.142. The van der Waals surface area contributed by atoms with Crippen molar-refractivity contribution in [1.29, 1.82) is 0 Å². The van der Waals surface area contributed by atoms with Gasteiger partial charge in [-0.3, -0.25) is 4.79 Å². The van der Waals surface area contributed by atoms with Crippen LogP contribution in [-0.4, -0.2) is 19.7 Å². The highest BCUT2D eigenvalue weighted by molar-refractivity contribution is 5.81. The van der Waals surface area contributed by atoms with Crippen LogP contribution in [-0.2, 0) is 16.0 Å². The molecule has 1 heterocycles. The SMILES string of the molecule is CCOC(=O)Cc1cc2cc(OC)ccc2o1. The van der Waals surface area contributed by atoms with Crippen LogP contribution in [0.25, 0.3) is 11.0 Å². The van der Waals surface area contributed by atoms with Crippen molar-refractivity contribution in [3.8, 4) is 5.75 Å². The summed E-state index contributed by atoms with van der Waals surface area (Å²) in [5.74, 6) is 1.09. The summed E-state index contributed by atoms with van der Waals surface area (Å²) >= 11 is 0. The molecule has 4 heteroatoms. The highest BCUT2D eigenvalue weighted by Crippen LogP contribution is 2.24. The van der Waals surface area contributed by atoms with Crippen LogP contribution in [0.3, 0.4) is 0 Å². The first-order valence-electron chi connectivity index (χ1n) is 5.45. The minimum absolute atomic E-state index is 0.158. The first-order valence-corrected chi connectivity index (χ1v) is 5.45. The van der Waals surface area contributed by atoms with E-state index in [-0.39, 0.29) is 12.4 Å². The zero-order valence-corrected chi connectivity index (χ0v) is 9.86. The fraction of sp³-hybridized carbons (Fsp3) is 0.308. The molecule has 0 N–H and O–H groups in total. The van der Waals surface area contributed by atoms with Gasteiger partial charge in [0.2, 0.25) is 0 Å². The number of carbonyl (C=O) groups is 1. The van der Waals surface area contributed by atoms with Crippen LogP contribution < -0.4 is 4.74 Å². The van der Waals surface area contributed by atoms with E-state index >= 15 is 0 Å². The summed E-state index contributed by atoms with van der Waals surface area (Å²) in [6.45, 7) is 2.16. The lowest BCUT2D eigenvalue weighted by Gasteiger charge is -1.97. The second kappa shape index (κ2) is 4.91. The second-order valence-electron chi connectivity index (χ2n) is 3.60. The Morgan fingerprint density at radius 1 is 1.35 bits per heavy atom. The monoisotopic (exact) mass is 234 g/mol. The van der Waals surface area contributed by atoms with Gasteiger partial charge >= 0.3 is 5.97 Å². The van der Waals surface area contributed by atoms with Gasteiger partial charge in [-0.15, -0.1) is 0 Å². The summed E-state index contributed by atoms with van der Waals surface area (Å²) in [6.07, 6.45) is 0.158. The Labute approximate surface area is 99.1 Å². The maximum atomic E-state index is 11.3. The molecule has 4 nitrogen and oxygen atoms in total. The van der Waals surface area contributed by atoms with Crippen LogP contribution >= 0.6 is 0 Å². The third-order valence-electron chi connectivity index (χ3n) is 2.40. The van der Waals surface area contributed by atoms with Crippen molar-refractivity contribution >= 4 is 16.9 Å². The van der Waals surface area contributed by atoms with Crippen molar-refractivity contribution in [2.75, 3.05) is 13.7 Å². The van der Waals surface area contributed by atoms with Gasteiger partial charge in [-0.05, 0) is 31.2 Å². The normalized spacial score (nSPS) is 10.5. The summed E-state index contributed by atoms with van der Waals surface area (Å²) in [5.41, 5.74) is 0.741. The number of fused-ring (bicyclic) bond motifs is 1. The summed E-state index contributed by atoms with van der Waals surface area (Å²) in [7, 11) is 1.61. The predicted octanol–water partition coefficient (Wildman–Crippen LogP) is 2.55. The first-order chi connectivity index (χ1) is 8.22. The zero-order valence-electron chi connectivity index (χ0n) is 9.86. The van der Waals surface area contributed by atoms with Gasteiger partial charge in [0.15, 0.2) is 0 Å². The number of carbonyl (C=O) groups excluding carboxylic acids is 1. The van der Waals surface area contributed by atoms with Gasteiger partial charge in [0.1, 0.15) is 23.5 Å². The van der Waals surface area contributed by atoms with Crippen molar-refractivity contribution in [2.24, 2.45) is 0 Å². The summed E-state index contributed by atoms with van der Waals surface area (Å²) in [4.78, 5) is 11.3. The van der Waals surface area contributed by atoms with Crippen LogP contribution in [0.2, 0.25) is 0 Å². The van der Waals surface area contributed by atoms with E-state index in [9.17, 15) is 4.79 Å². The van der Waals surface area contributed by atoms with Crippen LogP contribution in [0.4, 0.5) is 0 Å². The molecule has 0 spiro atoms. The molecule has 0 radical (unpaired) electrons. The number of methoxy groups -OCH3 is 1. The standard InChI is InChI=1S/C13H14O4/c1-3-16-13(14)8-11-7-9-6-10(15-2)4-5-12(9)17-11/h4-7H,3,8H2,1-2H3. The van der Waals surface area contributed by atoms with Crippen LogP contribution in [0.15, 0.2) is 28.7 Å². The third kappa shape index (κ3) is 2.58. The Morgan fingerprint density at radius 2 is 2.18 bits per heavy atom. The van der Waals surface area contributed by atoms with Gasteiger partial charge in [-0.2, -0.15) is 0 Å². The van der Waals surface area contributed by atoms with Gasteiger partial charge < -0.3 is 13.9 Å². The lowest BCUT2D eigenvalue weighted by Crippen LogP contribution is -2.06. The number of ether oxygens (including phenoxy) is 2. The van der Waals surface area contributed by atoms with Gasteiger partial charge in [0, 0.05) is 5.39 Å². The van der Waals surface area contributed by atoms with Crippen molar-refractivity contribution in [1.82, 2.24) is 0 Å². The third-order valence-corrected chi connectivity index (χ3v) is 2.40. The molecule has 1 aromatic carbocycles. The quantitative estimate of drug-likeness (QED) is 0.763. The second-order valence-corrected chi connectivity index (χ2v) is 3.60. The number of furan rings is 1. The number of esters is 1. The molecule has 0 amide bonds. The Bertz CT molecular complexity index is 527. The highest BCUT2D eigenvalue weighted by atomic mass is 16.5. The zero-order chi connectivity index (χ0) is 12.3. The van der Waals surface area contributed by atoms with Crippen molar-refractivity contribution < 1.29 is 18.7 Å². The predicted molar refractivity (Wildman–Crippen MR) is 63.1 cm³/mol. The van der Waals surface area contributed by atoms with Gasteiger partial charge in [0.05, 0.1) is 13.7 Å². The van der Waals surface area contributed by atoms with Crippen molar-refractivity contribution in [3.05, 3.63) is 30.0 Å². The number of hydrogen-bond acceptors (Lipinski definition) is 4. The van der Waals surface area contributed by atoms with Gasteiger partial charge in [0.25, 0.3) is 0 Å². The van der Waals surface area contributed by atoms with E-state index in [1.165, 1.54) is 0 Å². The maximum Gasteiger partial charge on any atom is 0.313 e. The molecule has 0 unspecified atom stereocenters. The lowest BCUT2D eigenvalue weighted by atomic mass is 10.2. The Morgan fingerprint density at radius 3 is 2.88 bits per heavy atom. The molecule has 0 aliphatic rings. The average molecular weight is 234 g/mol. The van der Waals surface area contributed by atoms with E-state index in [1.54, 1.807) is 14.0 Å². The molecule has 0 saturated carbocycles. The highest BCUT2D eigenvalue weighted by Gasteiger charge is 2.10. The Balaban J connectivity index is 2.22. The minimum atomic E-state index is -0.279. The largest absolute Gasteiger partial charge is 0.497 e. The van der Waals surface area contributed by atoms with Crippen molar-refractivity contribution in [3.63, 3.8) is 0 Å². The van der Waals surface area contributed by atoms with E-state index in [0.29, 0.717) is 12.4 Å². The van der Waals surface area contributed by atoms with E-state index in [0.717, 1.165) is 16.7 Å². The van der Waals surface area contributed by atoms with E-state index in [4.69, 9.17) is 13.9 Å². The summed E-state index contributed by atoms with van der Waals surface area (Å²) in [5, 5.41) is 0.920. The molecule has 0 bridgehead atoms. The molecule has 1 aromatic heterocycles. The molecule has 0 atom stereocenters.